The second-order valence-electron chi connectivity index (χ2n) is 6.71. The van der Waals surface area contributed by atoms with Crippen LogP contribution in [0, 0.1) is 15.5 Å². The molecule has 0 spiro atoms. The summed E-state index contributed by atoms with van der Waals surface area (Å²) in [6, 6.07) is 8.45. The number of nitrogens with zero attached hydrogens (tertiary/aromatic N) is 1. The van der Waals surface area contributed by atoms with Crippen LogP contribution in [0.2, 0.25) is 5.02 Å². The molecular weight excluding hydrogens is 374 g/mol. The molecule has 8 nitrogen and oxygen atoms in total. The number of fused-ring (bicyclic) bond motifs is 1. The fourth-order valence-corrected chi connectivity index (χ4v) is 2.71. The van der Waals surface area contributed by atoms with E-state index in [1.54, 1.807) is 32.0 Å². The second kappa shape index (κ2) is 6.88. The summed E-state index contributed by atoms with van der Waals surface area (Å²) in [5.74, 6) is -0.223. The van der Waals surface area contributed by atoms with E-state index < -0.39 is 16.2 Å². The van der Waals surface area contributed by atoms with Gasteiger partial charge in [-0.15, -0.1) is 0 Å². The number of anilines is 2. The lowest BCUT2D eigenvalue weighted by atomic mass is 9.94. The fraction of sp³-hybridized carbons (Fsp3) is 0.222. The summed E-state index contributed by atoms with van der Waals surface area (Å²) in [5, 5.41) is 16.2. The summed E-state index contributed by atoms with van der Waals surface area (Å²) in [6.45, 7) is 3.77. The third-order valence-corrected chi connectivity index (χ3v) is 4.41. The van der Waals surface area contributed by atoms with Gasteiger partial charge in [0.1, 0.15) is 12.4 Å². The van der Waals surface area contributed by atoms with E-state index in [-0.39, 0.29) is 28.8 Å². The van der Waals surface area contributed by atoms with E-state index in [0.717, 1.165) is 6.07 Å². The molecule has 0 unspecified atom stereocenters. The van der Waals surface area contributed by atoms with Gasteiger partial charge in [-0.25, -0.2) is 0 Å². The Bertz CT molecular complexity index is 958. The van der Waals surface area contributed by atoms with Crippen LogP contribution in [-0.2, 0) is 4.79 Å². The molecule has 2 amide bonds. The van der Waals surface area contributed by atoms with E-state index in [0.29, 0.717) is 17.1 Å². The number of nitro groups is 1. The van der Waals surface area contributed by atoms with Gasteiger partial charge in [0.15, 0.2) is 0 Å². The Balaban J connectivity index is 1.82. The molecule has 140 valence electrons. The van der Waals surface area contributed by atoms with Crippen molar-refractivity contribution in [3.63, 3.8) is 0 Å². The normalized spacial score (nSPS) is 15.0. The summed E-state index contributed by atoms with van der Waals surface area (Å²) in [4.78, 5) is 34.8. The molecule has 0 fully saturated rings. The van der Waals surface area contributed by atoms with Crippen LogP contribution in [0.15, 0.2) is 36.4 Å². The van der Waals surface area contributed by atoms with Crippen molar-refractivity contribution in [1.82, 2.24) is 0 Å². The number of rotatable bonds is 3. The Morgan fingerprint density at radius 2 is 2.04 bits per heavy atom. The molecule has 1 aliphatic rings. The number of non-ortho nitro benzene ring substituents is 1. The third-order valence-electron chi connectivity index (χ3n) is 4.10. The van der Waals surface area contributed by atoms with E-state index in [1.807, 2.05) is 0 Å². The van der Waals surface area contributed by atoms with Gasteiger partial charge in [0, 0.05) is 17.8 Å². The van der Waals surface area contributed by atoms with Crippen LogP contribution in [0.3, 0.4) is 0 Å². The van der Waals surface area contributed by atoms with Crippen LogP contribution in [0.1, 0.15) is 24.2 Å². The van der Waals surface area contributed by atoms with Crippen LogP contribution < -0.4 is 15.4 Å². The largest absolute Gasteiger partial charge is 0.490 e. The van der Waals surface area contributed by atoms with Crippen LogP contribution in [-0.4, -0.2) is 23.3 Å². The lowest BCUT2D eigenvalue weighted by Crippen LogP contribution is -2.33. The summed E-state index contributed by atoms with van der Waals surface area (Å²) < 4.78 is 5.65. The molecule has 0 radical (unpaired) electrons. The highest BCUT2D eigenvalue weighted by Gasteiger charge is 2.32. The van der Waals surface area contributed by atoms with Crippen molar-refractivity contribution in [3.8, 4) is 5.75 Å². The van der Waals surface area contributed by atoms with Crippen molar-refractivity contribution in [3.05, 3.63) is 57.1 Å². The molecule has 1 heterocycles. The fourth-order valence-electron chi connectivity index (χ4n) is 2.45. The minimum absolute atomic E-state index is 0.0326. The molecule has 3 rings (SSSR count). The van der Waals surface area contributed by atoms with Crippen LogP contribution in [0.4, 0.5) is 17.1 Å². The Morgan fingerprint density at radius 1 is 1.30 bits per heavy atom. The van der Waals surface area contributed by atoms with Crippen LogP contribution in [0.5, 0.6) is 5.75 Å². The van der Waals surface area contributed by atoms with Crippen molar-refractivity contribution < 1.29 is 19.2 Å². The van der Waals surface area contributed by atoms with Gasteiger partial charge in [0.05, 0.1) is 26.6 Å². The van der Waals surface area contributed by atoms with Crippen LogP contribution in [0.25, 0.3) is 0 Å². The van der Waals surface area contributed by atoms with Crippen molar-refractivity contribution in [1.29, 1.82) is 0 Å². The molecular formula is C18H16ClN3O5. The topological polar surface area (TPSA) is 111 Å². The Morgan fingerprint density at radius 3 is 2.70 bits per heavy atom. The molecule has 1 aliphatic heterocycles. The summed E-state index contributed by atoms with van der Waals surface area (Å²) >= 11 is 5.98. The van der Waals surface area contributed by atoms with Gasteiger partial charge in [-0.1, -0.05) is 11.6 Å². The molecule has 27 heavy (non-hydrogen) atoms. The van der Waals surface area contributed by atoms with E-state index >= 15 is 0 Å². The zero-order valence-corrected chi connectivity index (χ0v) is 15.3. The number of carbonyl (C=O) groups excluding carboxylic acids is 2. The first-order valence-electron chi connectivity index (χ1n) is 8.01. The quantitative estimate of drug-likeness (QED) is 0.611. The van der Waals surface area contributed by atoms with E-state index in [9.17, 15) is 19.7 Å². The molecule has 0 aliphatic carbocycles. The maximum absolute atomic E-state index is 12.4. The Labute approximate surface area is 159 Å². The summed E-state index contributed by atoms with van der Waals surface area (Å²) in [5.41, 5.74) is 0.0620. The number of nitrogens with one attached hydrogen (secondary N) is 2. The van der Waals surface area contributed by atoms with Crippen molar-refractivity contribution in [2.24, 2.45) is 5.41 Å². The van der Waals surface area contributed by atoms with Crippen molar-refractivity contribution >= 4 is 40.5 Å². The second-order valence-corrected chi connectivity index (χ2v) is 7.12. The summed E-state index contributed by atoms with van der Waals surface area (Å²) in [7, 11) is 0. The number of hydrogen-bond donors (Lipinski definition) is 2. The molecule has 2 N–H and O–H groups in total. The molecule has 0 saturated carbocycles. The molecule has 9 heteroatoms. The highest BCUT2D eigenvalue weighted by molar-refractivity contribution is 6.34. The molecule has 0 atom stereocenters. The number of benzene rings is 2. The van der Waals surface area contributed by atoms with Gasteiger partial charge < -0.3 is 15.4 Å². The smallest absolute Gasteiger partial charge is 0.270 e. The standard InChI is InChI=1S/C18H16ClN3O5/c1-18(2)9-27-15-6-3-10(7-14(15)21-17(18)24)20-16(23)12-5-4-11(22(25)26)8-13(12)19/h3-8H,9H2,1-2H3,(H,20,23)(H,21,24). The maximum atomic E-state index is 12.4. The predicted octanol–water partition coefficient (Wildman–Crippen LogP) is 3.86. The summed E-state index contributed by atoms with van der Waals surface area (Å²) in [6.07, 6.45) is 0. The van der Waals surface area contributed by atoms with Gasteiger partial charge in [-0.3, -0.25) is 19.7 Å². The molecule has 2 aromatic carbocycles. The number of ether oxygens (including phenoxy) is 1. The molecule has 0 saturated heterocycles. The first-order chi connectivity index (χ1) is 12.7. The van der Waals surface area contributed by atoms with E-state index in [2.05, 4.69) is 10.6 Å². The highest BCUT2D eigenvalue weighted by Crippen LogP contribution is 2.34. The minimum atomic E-state index is -0.686. The average Bonchev–Trinajstić information content (AvgIpc) is 2.71. The Hall–Kier alpha value is -3.13. The number of halogens is 1. The monoisotopic (exact) mass is 389 g/mol. The zero-order chi connectivity index (χ0) is 19.8. The van der Waals surface area contributed by atoms with Crippen molar-refractivity contribution in [2.75, 3.05) is 17.2 Å². The lowest BCUT2D eigenvalue weighted by Gasteiger charge is -2.18. The number of amides is 2. The van der Waals surface area contributed by atoms with Crippen molar-refractivity contribution in [2.45, 2.75) is 13.8 Å². The lowest BCUT2D eigenvalue weighted by molar-refractivity contribution is -0.384. The highest BCUT2D eigenvalue weighted by atomic mass is 35.5. The number of nitro benzene ring substituents is 1. The third kappa shape index (κ3) is 3.85. The zero-order valence-electron chi connectivity index (χ0n) is 14.5. The van der Waals surface area contributed by atoms with Gasteiger partial charge in [0.25, 0.3) is 11.6 Å². The van der Waals surface area contributed by atoms with Gasteiger partial charge in [-0.05, 0) is 38.1 Å². The molecule has 0 aromatic heterocycles. The number of carbonyl (C=O) groups is 2. The first-order valence-corrected chi connectivity index (χ1v) is 8.39. The minimum Gasteiger partial charge on any atom is -0.490 e. The average molecular weight is 390 g/mol. The van der Waals surface area contributed by atoms with Crippen LogP contribution >= 0.6 is 11.6 Å². The number of hydrogen-bond acceptors (Lipinski definition) is 5. The maximum Gasteiger partial charge on any atom is 0.270 e. The first kappa shape index (κ1) is 18.7. The van der Waals surface area contributed by atoms with E-state index in [4.69, 9.17) is 16.3 Å². The predicted molar refractivity (Wildman–Crippen MR) is 100 cm³/mol. The van der Waals surface area contributed by atoms with E-state index in [1.165, 1.54) is 12.1 Å². The Kier molecular flexibility index (Phi) is 4.75. The van der Waals surface area contributed by atoms with Gasteiger partial charge in [-0.2, -0.15) is 0 Å². The molecule has 0 bridgehead atoms. The van der Waals surface area contributed by atoms with Gasteiger partial charge in [0.2, 0.25) is 5.91 Å². The SMILES string of the molecule is CC1(C)COc2ccc(NC(=O)c3ccc([N+](=O)[O-])cc3Cl)cc2NC1=O. The molecule has 2 aromatic rings. The van der Waals surface area contributed by atoms with Gasteiger partial charge >= 0.3 is 0 Å².